The van der Waals surface area contributed by atoms with Crippen LogP contribution >= 0.6 is 0 Å². The van der Waals surface area contributed by atoms with Crippen LogP contribution in [0.3, 0.4) is 0 Å². The Morgan fingerprint density at radius 1 is 1.44 bits per heavy atom. The van der Waals surface area contributed by atoms with E-state index in [1.54, 1.807) is 0 Å². The second kappa shape index (κ2) is 2.27. The van der Waals surface area contributed by atoms with Gasteiger partial charge in [-0.15, -0.1) is 0 Å². The van der Waals surface area contributed by atoms with Gasteiger partial charge in [0.2, 0.25) is 0 Å². The van der Waals surface area contributed by atoms with Gasteiger partial charge in [-0.25, -0.2) is 0 Å². The molecule has 0 bridgehead atoms. The number of fused-ring (bicyclic) bond motifs is 1. The topological polar surface area (TPSA) is 21.3 Å². The second-order valence-corrected chi connectivity index (χ2v) is 2.87. The van der Waals surface area contributed by atoms with Gasteiger partial charge < -0.3 is 10.1 Å². The maximum Gasteiger partial charge on any atom is 0.0513 e. The van der Waals surface area contributed by atoms with E-state index < -0.39 is 0 Å². The Hall–Kier alpha value is -0.0800. The van der Waals surface area contributed by atoms with Crippen LogP contribution in [-0.4, -0.2) is 19.8 Å². The first-order chi connectivity index (χ1) is 4.47. The van der Waals surface area contributed by atoms with E-state index in [1.165, 1.54) is 6.42 Å². The highest BCUT2D eigenvalue weighted by atomic mass is 16.5. The lowest BCUT2D eigenvalue weighted by atomic mass is 9.90. The SMILES string of the molecule is [CH]1NCCC2COCC12. The van der Waals surface area contributed by atoms with Crippen molar-refractivity contribution in [1.29, 1.82) is 0 Å². The molecule has 2 aliphatic rings. The van der Waals surface area contributed by atoms with Gasteiger partial charge in [0.1, 0.15) is 0 Å². The maximum atomic E-state index is 5.32. The normalized spacial score (nSPS) is 42.7. The monoisotopic (exact) mass is 126 g/mol. The van der Waals surface area contributed by atoms with Gasteiger partial charge in [0.05, 0.1) is 6.61 Å². The van der Waals surface area contributed by atoms with E-state index in [0.29, 0.717) is 5.92 Å². The molecule has 2 aliphatic heterocycles. The van der Waals surface area contributed by atoms with Crippen LogP contribution in [-0.2, 0) is 4.74 Å². The van der Waals surface area contributed by atoms with Crippen LogP contribution in [0.1, 0.15) is 6.42 Å². The number of rotatable bonds is 0. The summed E-state index contributed by atoms with van der Waals surface area (Å²) in [5.74, 6) is 1.53. The predicted molar refractivity (Wildman–Crippen MR) is 34.7 cm³/mol. The molecule has 0 aromatic carbocycles. The molecule has 0 saturated carbocycles. The summed E-state index contributed by atoms with van der Waals surface area (Å²) in [6, 6.07) is 0. The number of piperidine rings is 1. The number of hydrogen-bond donors (Lipinski definition) is 1. The Bertz CT molecular complexity index is 93.1. The second-order valence-electron chi connectivity index (χ2n) is 2.87. The highest BCUT2D eigenvalue weighted by molar-refractivity contribution is 4.88. The highest BCUT2D eigenvalue weighted by Crippen LogP contribution is 2.27. The van der Waals surface area contributed by atoms with Crippen molar-refractivity contribution < 1.29 is 4.74 Å². The largest absolute Gasteiger partial charge is 0.381 e. The van der Waals surface area contributed by atoms with Crippen molar-refractivity contribution in [3.8, 4) is 0 Å². The van der Waals surface area contributed by atoms with Crippen LogP contribution in [0.25, 0.3) is 0 Å². The van der Waals surface area contributed by atoms with Gasteiger partial charge in [0.15, 0.2) is 0 Å². The zero-order chi connectivity index (χ0) is 6.10. The Balaban J connectivity index is 1.97. The smallest absolute Gasteiger partial charge is 0.0513 e. The van der Waals surface area contributed by atoms with E-state index in [4.69, 9.17) is 4.74 Å². The Morgan fingerprint density at radius 2 is 2.44 bits per heavy atom. The number of hydrogen-bond acceptors (Lipinski definition) is 2. The third kappa shape index (κ3) is 0.970. The molecule has 2 saturated heterocycles. The minimum atomic E-state index is 0.707. The van der Waals surface area contributed by atoms with E-state index in [0.717, 1.165) is 25.7 Å². The van der Waals surface area contributed by atoms with Crippen LogP contribution in [0.2, 0.25) is 0 Å². The fourth-order valence-corrected chi connectivity index (χ4v) is 1.60. The minimum Gasteiger partial charge on any atom is -0.381 e. The van der Waals surface area contributed by atoms with E-state index in [1.807, 2.05) is 0 Å². The van der Waals surface area contributed by atoms with Crippen molar-refractivity contribution in [1.82, 2.24) is 5.32 Å². The average Bonchev–Trinajstić information content (AvgIpc) is 2.33. The Morgan fingerprint density at radius 3 is 3.33 bits per heavy atom. The fourth-order valence-electron chi connectivity index (χ4n) is 1.60. The lowest BCUT2D eigenvalue weighted by Gasteiger charge is -2.22. The van der Waals surface area contributed by atoms with Gasteiger partial charge in [0, 0.05) is 19.1 Å². The van der Waals surface area contributed by atoms with Crippen LogP contribution in [0.4, 0.5) is 0 Å². The molecule has 0 amide bonds. The molecule has 51 valence electrons. The highest BCUT2D eigenvalue weighted by Gasteiger charge is 2.30. The van der Waals surface area contributed by atoms with Gasteiger partial charge in [-0.3, -0.25) is 0 Å². The van der Waals surface area contributed by atoms with Gasteiger partial charge in [-0.1, -0.05) is 0 Å². The van der Waals surface area contributed by atoms with Gasteiger partial charge in [-0.2, -0.15) is 0 Å². The van der Waals surface area contributed by atoms with Crippen molar-refractivity contribution in [3.63, 3.8) is 0 Å². The summed E-state index contributed by atoms with van der Waals surface area (Å²) < 4.78 is 5.32. The first-order valence-electron chi connectivity index (χ1n) is 3.61. The summed E-state index contributed by atoms with van der Waals surface area (Å²) in [5, 5.41) is 3.25. The lowest BCUT2D eigenvalue weighted by molar-refractivity contribution is 0.183. The fraction of sp³-hybridized carbons (Fsp3) is 0.857. The molecule has 0 aromatic heterocycles. The summed E-state index contributed by atoms with van der Waals surface area (Å²) in [7, 11) is 0. The van der Waals surface area contributed by atoms with Gasteiger partial charge in [0.25, 0.3) is 0 Å². The number of ether oxygens (including phenoxy) is 1. The number of nitrogens with one attached hydrogen (secondary N) is 1. The van der Waals surface area contributed by atoms with E-state index >= 15 is 0 Å². The molecule has 0 spiro atoms. The molecule has 0 aliphatic carbocycles. The average molecular weight is 126 g/mol. The molecule has 1 radical (unpaired) electrons. The Labute approximate surface area is 55.6 Å². The third-order valence-corrected chi connectivity index (χ3v) is 2.24. The molecule has 2 rings (SSSR count). The Kier molecular flexibility index (Phi) is 1.44. The predicted octanol–water partition coefficient (Wildman–Crippen LogP) is 0.404. The van der Waals surface area contributed by atoms with Crippen molar-refractivity contribution in [3.05, 3.63) is 6.54 Å². The van der Waals surface area contributed by atoms with Gasteiger partial charge in [-0.05, 0) is 18.9 Å². The van der Waals surface area contributed by atoms with Crippen LogP contribution in [0.5, 0.6) is 0 Å². The quantitative estimate of drug-likeness (QED) is 0.507. The third-order valence-electron chi connectivity index (χ3n) is 2.24. The van der Waals surface area contributed by atoms with Crippen LogP contribution in [0, 0.1) is 18.4 Å². The summed E-state index contributed by atoms with van der Waals surface area (Å²) in [4.78, 5) is 0. The van der Waals surface area contributed by atoms with Crippen molar-refractivity contribution >= 4 is 0 Å². The van der Waals surface area contributed by atoms with Crippen molar-refractivity contribution in [2.24, 2.45) is 11.8 Å². The zero-order valence-corrected chi connectivity index (χ0v) is 5.47. The zero-order valence-electron chi connectivity index (χ0n) is 5.47. The molecule has 2 nitrogen and oxygen atoms in total. The van der Waals surface area contributed by atoms with Crippen molar-refractivity contribution in [2.45, 2.75) is 6.42 Å². The first-order valence-corrected chi connectivity index (χ1v) is 3.61. The van der Waals surface area contributed by atoms with Crippen molar-refractivity contribution in [2.75, 3.05) is 19.8 Å². The summed E-state index contributed by atoms with van der Waals surface area (Å²) >= 11 is 0. The molecular weight excluding hydrogens is 114 g/mol. The molecule has 2 fully saturated rings. The molecule has 2 heterocycles. The molecule has 9 heavy (non-hydrogen) atoms. The summed E-state index contributed by atoms with van der Waals surface area (Å²) in [5.41, 5.74) is 0. The molecule has 1 N–H and O–H groups in total. The van der Waals surface area contributed by atoms with Gasteiger partial charge >= 0.3 is 0 Å². The van der Waals surface area contributed by atoms with E-state index in [9.17, 15) is 0 Å². The van der Waals surface area contributed by atoms with E-state index in [-0.39, 0.29) is 0 Å². The lowest BCUT2D eigenvalue weighted by Crippen LogP contribution is -2.31. The summed E-state index contributed by atoms with van der Waals surface area (Å²) in [6.07, 6.45) is 1.29. The molecule has 2 unspecified atom stereocenters. The first kappa shape index (κ1) is 5.69. The molecule has 0 aromatic rings. The summed E-state index contributed by atoms with van der Waals surface area (Å²) in [6.45, 7) is 5.27. The maximum absolute atomic E-state index is 5.32. The standard InChI is InChI=1S/C7H12NO/c1-2-8-3-7-5-9-4-6(1)7/h3,6-8H,1-2,4-5H2. The molecule has 2 heteroatoms. The molecule has 2 atom stereocenters. The van der Waals surface area contributed by atoms with Crippen LogP contribution < -0.4 is 5.32 Å². The molecular formula is C7H12NO. The van der Waals surface area contributed by atoms with E-state index in [2.05, 4.69) is 11.9 Å². The van der Waals surface area contributed by atoms with Crippen LogP contribution in [0.15, 0.2) is 0 Å². The minimum absolute atomic E-state index is 0.707.